The average Bonchev–Trinajstić information content (AvgIpc) is 3.17. The molecule has 10 nitrogen and oxygen atoms in total. The lowest BCUT2D eigenvalue weighted by Gasteiger charge is -2.16. The van der Waals surface area contributed by atoms with E-state index in [-0.39, 0.29) is 22.1 Å². The van der Waals surface area contributed by atoms with Crippen molar-refractivity contribution in [3.05, 3.63) is 39.9 Å². The molecule has 0 spiro atoms. The number of benzene rings is 2. The van der Waals surface area contributed by atoms with E-state index >= 15 is 0 Å². The van der Waals surface area contributed by atoms with Gasteiger partial charge in [0.05, 0.1) is 42.6 Å². The van der Waals surface area contributed by atoms with Gasteiger partial charge in [0.15, 0.2) is 22.4 Å². The monoisotopic (exact) mass is 461 g/mol. The largest absolute Gasteiger partial charge is 0.494 e. The zero-order chi connectivity index (χ0) is 23.3. The van der Waals surface area contributed by atoms with Crippen molar-refractivity contribution in [2.45, 2.75) is 20.8 Å². The minimum absolute atomic E-state index is 0.120. The van der Waals surface area contributed by atoms with Crippen LogP contribution in [0.3, 0.4) is 0 Å². The van der Waals surface area contributed by atoms with Crippen molar-refractivity contribution in [3.63, 3.8) is 0 Å². The Bertz CT molecular complexity index is 1120. The summed E-state index contributed by atoms with van der Waals surface area (Å²) in [6.07, 6.45) is 0. The number of nitro benzene ring substituents is 1. The molecule has 0 aliphatic rings. The van der Waals surface area contributed by atoms with Crippen LogP contribution in [0.5, 0.6) is 23.0 Å². The Morgan fingerprint density at radius 2 is 1.66 bits per heavy atom. The lowest BCUT2D eigenvalue weighted by atomic mass is 10.1. The molecule has 0 aliphatic carbocycles. The Hall–Kier alpha value is -3.60. The summed E-state index contributed by atoms with van der Waals surface area (Å²) in [6.45, 7) is 6.68. The maximum Gasteiger partial charge on any atom is 0.274 e. The number of nitrogens with one attached hydrogen (secondary N) is 1. The van der Waals surface area contributed by atoms with Crippen LogP contribution >= 0.6 is 11.3 Å². The molecule has 11 heteroatoms. The number of aromatic nitrogens is 1. The number of carbonyl (C=O) groups excluding carboxylic acids is 1. The highest BCUT2D eigenvalue weighted by molar-refractivity contribution is 7.22. The van der Waals surface area contributed by atoms with Gasteiger partial charge >= 0.3 is 0 Å². The van der Waals surface area contributed by atoms with Crippen LogP contribution in [-0.2, 0) is 0 Å². The maximum absolute atomic E-state index is 13.0. The van der Waals surface area contributed by atoms with Crippen LogP contribution < -0.4 is 24.3 Å². The van der Waals surface area contributed by atoms with Crippen molar-refractivity contribution in [3.8, 4) is 23.0 Å². The third kappa shape index (κ3) is 4.83. The predicted molar refractivity (Wildman–Crippen MR) is 121 cm³/mol. The highest BCUT2D eigenvalue weighted by Gasteiger charge is 2.21. The highest BCUT2D eigenvalue weighted by atomic mass is 32.1. The first-order valence-corrected chi connectivity index (χ1v) is 10.7. The lowest BCUT2D eigenvalue weighted by molar-refractivity contribution is -0.384. The molecule has 1 aromatic heterocycles. The normalized spacial score (nSPS) is 10.6. The van der Waals surface area contributed by atoms with Gasteiger partial charge in [0.2, 0.25) is 5.75 Å². The minimum Gasteiger partial charge on any atom is -0.494 e. The van der Waals surface area contributed by atoms with Gasteiger partial charge in [-0.2, -0.15) is 0 Å². The first-order chi connectivity index (χ1) is 15.4. The number of thiazole rings is 1. The third-order valence-corrected chi connectivity index (χ3v) is 5.19. The summed E-state index contributed by atoms with van der Waals surface area (Å²) >= 11 is 1.11. The summed E-state index contributed by atoms with van der Waals surface area (Å²) < 4.78 is 22.7. The molecule has 0 atom stereocenters. The molecule has 3 rings (SSSR count). The Labute approximate surface area is 188 Å². The van der Waals surface area contributed by atoms with E-state index in [0.717, 1.165) is 11.3 Å². The Kier molecular flexibility index (Phi) is 7.31. The molecule has 0 radical (unpaired) electrons. The van der Waals surface area contributed by atoms with Crippen LogP contribution in [0.1, 0.15) is 31.1 Å². The first kappa shape index (κ1) is 23.1. The smallest absolute Gasteiger partial charge is 0.274 e. The van der Waals surface area contributed by atoms with E-state index in [0.29, 0.717) is 47.3 Å². The number of hydrogen-bond acceptors (Lipinski definition) is 9. The van der Waals surface area contributed by atoms with Crippen LogP contribution in [0.15, 0.2) is 24.3 Å². The van der Waals surface area contributed by atoms with Crippen molar-refractivity contribution in [1.29, 1.82) is 0 Å². The summed E-state index contributed by atoms with van der Waals surface area (Å²) in [5.41, 5.74) is 0.595. The number of hydrogen-bond donors (Lipinski definition) is 1. The summed E-state index contributed by atoms with van der Waals surface area (Å²) in [7, 11) is 1.40. The van der Waals surface area contributed by atoms with Crippen molar-refractivity contribution in [1.82, 2.24) is 4.98 Å². The number of methoxy groups -OCH3 is 1. The summed E-state index contributed by atoms with van der Waals surface area (Å²) in [5, 5.41) is 14.2. The minimum atomic E-state index is -0.510. The van der Waals surface area contributed by atoms with Crippen LogP contribution in [0.2, 0.25) is 0 Å². The second-order valence-electron chi connectivity index (χ2n) is 6.33. The second kappa shape index (κ2) is 10.1. The molecule has 0 fully saturated rings. The molecule has 0 saturated heterocycles. The van der Waals surface area contributed by atoms with E-state index in [1.807, 2.05) is 20.8 Å². The Morgan fingerprint density at radius 1 is 1.03 bits per heavy atom. The fraction of sp³-hybridized carbons (Fsp3) is 0.333. The van der Waals surface area contributed by atoms with E-state index in [1.165, 1.54) is 19.2 Å². The van der Waals surface area contributed by atoms with Crippen molar-refractivity contribution >= 4 is 38.3 Å². The molecule has 0 aliphatic heterocycles. The molecule has 1 N–H and O–H groups in total. The number of rotatable bonds is 10. The van der Waals surface area contributed by atoms with Gasteiger partial charge in [-0.3, -0.25) is 20.2 Å². The average molecular weight is 461 g/mol. The van der Waals surface area contributed by atoms with Gasteiger partial charge in [-0.1, -0.05) is 11.3 Å². The number of carbonyl (C=O) groups is 1. The highest BCUT2D eigenvalue weighted by Crippen LogP contribution is 2.40. The SMILES string of the molecule is CCOc1cc(C(=O)Nc2nc3c(OC)cc([N+](=O)[O-])cc3s2)cc(OCC)c1OCC. The van der Waals surface area contributed by atoms with Gasteiger partial charge in [-0.05, 0) is 32.9 Å². The molecule has 0 bridgehead atoms. The van der Waals surface area contributed by atoms with E-state index in [2.05, 4.69) is 10.3 Å². The first-order valence-electron chi connectivity index (χ1n) is 9.92. The number of nitrogens with zero attached hydrogens (tertiary/aromatic N) is 2. The molecular formula is C21H23N3O7S. The summed E-state index contributed by atoms with van der Waals surface area (Å²) in [6, 6.07) is 5.83. The summed E-state index contributed by atoms with van der Waals surface area (Å²) in [4.78, 5) is 28.0. The van der Waals surface area contributed by atoms with Crippen LogP contribution in [0, 0.1) is 10.1 Å². The third-order valence-electron chi connectivity index (χ3n) is 4.27. The number of amides is 1. The van der Waals surface area contributed by atoms with Gasteiger partial charge in [-0.25, -0.2) is 4.98 Å². The molecule has 170 valence electrons. The maximum atomic E-state index is 13.0. The fourth-order valence-corrected chi connectivity index (χ4v) is 3.90. The van der Waals surface area contributed by atoms with E-state index in [1.54, 1.807) is 12.1 Å². The zero-order valence-electron chi connectivity index (χ0n) is 18.1. The number of non-ortho nitro benzene ring substituents is 1. The number of nitro groups is 1. The molecule has 0 unspecified atom stereocenters. The number of ether oxygens (including phenoxy) is 4. The van der Waals surface area contributed by atoms with Crippen molar-refractivity contribution < 1.29 is 28.7 Å². The molecule has 1 amide bonds. The quantitative estimate of drug-likeness (QED) is 0.342. The summed E-state index contributed by atoms with van der Waals surface area (Å²) in [5.74, 6) is 1.04. The van der Waals surface area contributed by atoms with Crippen LogP contribution in [-0.4, -0.2) is 42.7 Å². The number of anilines is 1. The van der Waals surface area contributed by atoms with Gasteiger partial charge in [-0.15, -0.1) is 0 Å². The standard InChI is InChI=1S/C21H23N3O7S/c1-5-29-15-8-12(9-16(30-6-2)19(15)31-7-3)20(25)23-21-22-18-14(28-4)10-13(24(26)27)11-17(18)32-21/h8-11H,5-7H2,1-4H3,(H,22,23,25). The molecule has 1 heterocycles. The topological polar surface area (TPSA) is 122 Å². The van der Waals surface area contributed by atoms with Gasteiger partial charge in [0.1, 0.15) is 5.52 Å². The Balaban J connectivity index is 1.97. The number of fused-ring (bicyclic) bond motifs is 1. The zero-order valence-corrected chi connectivity index (χ0v) is 18.9. The van der Waals surface area contributed by atoms with Crippen LogP contribution in [0.4, 0.5) is 10.8 Å². The molecule has 0 saturated carbocycles. The molecular weight excluding hydrogens is 438 g/mol. The molecule has 2 aromatic carbocycles. The lowest BCUT2D eigenvalue weighted by Crippen LogP contribution is -2.13. The van der Waals surface area contributed by atoms with Crippen molar-refractivity contribution in [2.75, 3.05) is 32.2 Å². The van der Waals surface area contributed by atoms with Crippen LogP contribution in [0.25, 0.3) is 10.2 Å². The second-order valence-corrected chi connectivity index (χ2v) is 7.36. The van der Waals surface area contributed by atoms with Gasteiger partial charge in [0.25, 0.3) is 11.6 Å². The Morgan fingerprint density at radius 3 is 2.19 bits per heavy atom. The van der Waals surface area contributed by atoms with Gasteiger partial charge in [0, 0.05) is 11.6 Å². The van der Waals surface area contributed by atoms with E-state index in [4.69, 9.17) is 18.9 Å². The predicted octanol–water partition coefficient (Wildman–Crippen LogP) is 4.66. The molecule has 3 aromatic rings. The van der Waals surface area contributed by atoms with Gasteiger partial charge < -0.3 is 18.9 Å². The van der Waals surface area contributed by atoms with Crippen molar-refractivity contribution in [2.24, 2.45) is 0 Å². The van der Waals surface area contributed by atoms with E-state index in [9.17, 15) is 14.9 Å². The van der Waals surface area contributed by atoms with E-state index < -0.39 is 10.8 Å². The fourth-order valence-electron chi connectivity index (χ4n) is 2.99. The molecule has 32 heavy (non-hydrogen) atoms.